The van der Waals surface area contributed by atoms with Crippen LogP contribution >= 0.6 is 0 Å². The summed E-state index contributed by atoms with van der Waals surface area (Å²) in [4.78, 5) is 0. The van der Waals surface area contributed by atoms with Crippen molar-refractivity contribution in [3.8, 4) is 0 Å². The third-order valence-corrected chi connectivity index (χ3v) is 2.33. The Balaban J connectivity index is 2.11. The predicted molar refractivity (Wildman–Crippen MR) is 38.9 cm³/mol. The lowest BCUT2D eigenvalue weighted by molar-refractivity contribution is -0.166. The molecule has 2 aliphatic heterocycles. The van der Waals surface area contributed by atoms with Gasteiger partial charge in [-0.25, -0.2) is 0 Å². The van der Waals surface area contributed by atoms with E-state index in [-0.39, 0.29) is 12.0 Å². The molecule has 2 bridgehead atoms. The molecule has 4 atom stereocenters. The average molecular weight is 156 g/mol. The molecule has 0 aliphatic carbocycles. The Morgan fingerprint density at radius 1 is 1.55 bits per heavy atom. The van der Waals surface area contributed by atoms with Gasteiger partial charge in [-0.2, -0.15) is 0 Å². The van der Waals surface area contributed by atoms with Crippen molar-refractivity contribution < 1.29 is 14.6 Å². The molecule has 2 aliphatic rings. The van der Waals surface area contributed by atoms with Crippen LogP contribution in [0.25, 0.3) is 0 Å². The van der Waals surface area contributed by atoms with E-state index in [0.29, 0.717) is 6.61 Å². The lowest BCUT2D eigenvalue weighted by Gasteiger charge is -2.29. The maximum atomic E-state index is 9.53. The summed E-state index contributed by atoms with van der Waals surface area (Å²) >= 11 is 0. The van der Waals surface area contributed by atoms with Crippen molar-refractivity contribution in [1.29, 1.82) is 0 Å². The molecule has 0 radical (unpaired) electrons. The highest BCUT2D eigenvalue weighted by Gasteiger charge is 2.41. The molecule has 0 aromatic carbocycles. The van der Waals surface area contributed by atoms with Crippen molar-refractivity contribution in [2.75, 3.05) is 6.61 Å². The van der Waals surface area contributed by atoms with Gasteiger partial charge in [0.25, 0.3) is 0 Å². The zero-order valence-corrected chi connectivity index (χ0v) is 6.27. The first-order valence-corrected chi connectivity index (χ1v) is 3.89. The standard InChI is InChI=1S/C8H12O3/c1-2-5-3-6-4-10-8(11-6)7(5)9/h2,5-9H,1,3-4H2. The molecule has 0 amide bonds. The summed E-state index contributed by atoms with van der Waals surface area (Å²) in [6.07, 6.45) is 1.86. The SMILES string of the molecule is C=CC1CC2COC(O2)C1O. The van der Waals surface area contributed by atoms with Gasteiger partial charge >= 0.3 is 0 Å². The Hall–Kier alpha value is -0.380. The van der Waals surface area contributed by atoms with E-state index in [4.69, 9.17) is 9.47 Å². The molecule has 11 heavy (non-hydrogen) atoms. The summed E-state index contributed by atoms with van der Waals surface area (Å²) in [5.41, 5.74) is 0. The van der Waals surface area contributed by atoms with Crippen LogP contribution in [0.15, 0.2) is 12.7 Å². The van der Waals surface area contributed by atoms with Gasteiger partial charge in [0.2, 0.25) is 0 Å². The molecule has 2 rings (SSSR count). The van der Waals surface area contributed by atoms with E-state index >= 15 is 0 Å². The molecule has 2 heterocycles. The quantitative estimate of drug-likeness (QED) is 0.555. The molecular weight excluding hydrogens is 144 g/mol. The minimum Gasteiger partial charge on any atom is -0.387 e. The van der Waals surface area contributed by atoms with Crippen molar-refractivity contribution >= 4 is 0 Å². The van der Waals surface area contributed by atoms with Crippen LogP contribution in [0.2, 0.25) is 0 Å². The first-order valence-electron chi connectivity index (χ1n) is 3.89. The van der Waals surface area contributed by atoms with E-state index in [2.05, 4.69) is 6.58 Å². The van der Waals surface area contributed by atoms with Crippen LogP contribution in [-0.4, -0.2) is 30.2 Å². The average Bonchev–Trinajstić information content (AvgIpc) is 2.42. The van der Waals surface area contributed by atoms with Crippen molar-refractivity contribution in [3.63, 3.8) is 0 Å². The zero-order chi connectivity index (χ0) is 7.84. The van der Waals surface area contributed by atoms with E-state index < -0.39 is 12.4 Å². The van der Waals surface area contributed by atoms with E-state index in [1.165, 1.54) is 0 Å². The molecule has 4 unspecified atom stereocenters. The molecule has 62 valence electrons. The van der Waals surface area contributed by atoms with Gasteiger partial charge in [0.05, 0.1) is 12.7 Å². The highest BCUT2D eigenvalue weighted by molar-refractivity contribution is 4.94. The van der Waals surface area contributed by atoms with Crippen LogP contribution in [-0.2, 0) is 9.47 Å². The van der Waals surface area contributed by atoms with Gasteiger partial charge in [0.15, 0.2) is 6.29 Å². The fraction of sp³-hybridized carbons (Fsp3) is 0.750. The molecule has 0 saturated carbocycles. The lowest BCUT2D eigenvalue weighted by Crippen LogP contribution is -2.39. The third kappa shape index (κ3) is 1.09. The minimum absolute atomic E-state index is 0.140. The highest BCUT2D eigenvalue weighted by atomic mass is 16.7. The number of aliphatic hydroxyl groups excluding tert-OH is 1. The van der Waals surface area contributed by atoms with Crippen LogP contribution in [0.3, 0.4) is 0 Å². The van der Waals surface area contributed by atoms with Crippen molar-refractivity contribution in [2.45, 2.75) is 24.9 Å². The van der Waals surface area contributed by atoms with E-state index in [0.717, 1.165) is 6.42 Å². The summed E-state index contributed by atoms with van der Waals surface area (Å²) in [5, 5.41) is 9.53. The molecule has 3 heteroatoms. The maximum absolute atomic E-state index is 9.53. The predicted octanol–water partition coefficient (Wildman–Crippen LogP) is 0.295. The second kappa shape index (κ2) is 2.59. The van der Waals surface area contributed by atoms with Gasteiger partial charge in [-0.15, -0.1) is 6.58 Å². The fourth-order valence-corrected chi connectivity index (χ4v) is 1.65. The van der Waals surface area contributed by atoms with Crippen LogP contribution in [0.1, 0.15) is 6.42 Å². The van der Waals surface area contributed by atoms with Gasteiger partial charge < -0.3 is 14.6 Å². The minimum atomic E-state index is -0.522. The Morgan fingerprint density at radius 3 is 3.09 bits per heavy atom. The zero-order valence-electron chi connectivity index (χ0n) is 6.27. The Morgan fingerprint density at radius 2 is 2.36 bits per heavy atom. The normalized spacial score (nSPS) is 49.2. The molecule has 2 fully saturated rings. The van der Waals surface area contributed by atoms with Crippen LogP contribution in [0.5, 0.6) is 0 Å². The molecule has 0 aromatic heterocycles. The third-order valence-electron chi connectivity index (χ3n) is 2.33. The van der Waals surface area contributed by atoms with Crippen LogP contribution in [0.4, 0.5) is 0 Å². The monoisotopic (exact) mass is 156 g/mol. The van der Waals surface area contributed by atoms with E-state index in [1.807, 2.05) is 0 Å². The second-order valence-corrected chi connectivity index (χ2v) is 3.09. The van der Waals surface area contributed by atoms with Gasteiger partial charge in [-0.1, -0.05) is 6.08 Å². The van der Waals surface area contributed by atoms with Gasteiger partial charge in [0, 0.05) is 5.92 Å². The molecule has 0 aromatic rings. The second-order valence-electron chi connectivity index (χ2n) is 3.09. The maximum Gasteiger partial charge on any atom is 0.184 e. The molecule has 1 N–H and O–H groups in total. The number of hydrogen-bond donors (Lipinski definition) is 1. The van der Waals surface area contributed by atoms with Gasteiger partial charge in [-0.05, 0) is 6.42 Å². The first-order chi connectivity index (χ1) is 5.31. The Kier molecular flexibility index (Phi) is 1.71. The first kappa shape index (κ1) is 7.28. The van der Waals surface area contributed by atoms with Crippen molar-refractivity contribution in [3.05, 3.63) is 12.7 Å². The number of rotatable bonds is 1. The summed E-state index contributed by atoms with van der Waals surface area (Å²) in [5.74, 6) is 0.140. The van der Waals surface area contributed by atoms with Crippen molar-refractivity contribution in [1.82, 2.24) is 0 Å². The molecular formula is C8H12O3. The summed E-state index contributed by atoms with van der Waals surface area (Å²) < 4.78 is 10.5. The topological polar surface area (TPSA) is 38.7 Å². The number of aliphatic hydroxyl groups is 1. The van der Waals surface area contributed by atoms with Crippen LogP contribution in [0, 0.1) is 5.92 Å². The van der Waals surface area contributed by atoms with E-state index in [9.17, 15) is 5.11 Å². The highest BCUT2D eigenvalue weighted by Crippen LogP contribution is 2.31. The summed E-state index contributed by atoms with van der Waals surface area (Å²) in [6.45, 7) is 4.28. The fourth-order valence-electron chi connectivity index (χ4n) is 1.65. The smallest absolute Gasteiger partial charge is 0.184 e. The van der Waals surface area contributed by atoms with Crippen LogP contribution < -0.4 is 0 Å². The Bertz CT molecular complexity index is 169. The van der Waals surface area contributed by atoms with Gasteiger partial charge in [0.1, 0.15) is 6.10 Å². The number of ether oxygens (including phenoxy) is 2. The molecule has 0 spiro atoms. The van der Waals surface area contributed by atoms with Gasteiger partial charge in [-0.3, -0.25) is 0 Å². The Labute approximate surface area is 65.6 Å². The largest absolute Gasteiger partial charge is 0.387 e. The molecule has 2 saturated heterocycles. The summed E-state index contributed by atoms with van der Waals surface area (Å²) in [7, 11) is 0. The number of hydrogen-bond acceptors (Lipinski definition) is 3. The number of fused-ring (bicyclic) bond motifs is 2. The van der Waals surface area contributed by atoms with E-state index in [1.54, 1.807) is 6.08 Å². The summed E-state index contributed by atoms with van der Waals surface area (Å²) in [6, 6.07) is 0. The van der Waals surface area contributed by atoms with Crippen molar-refractivity contribution in [2.24, 2.45) is 5.92 Å². The molecule has 3 nitrogen and oxygen atoms in total. The lowest BCUT2D eigenvalue weighted by atomic mass is 9.94.